The van der Waals surface area contributed by atoms with E-state index in [0.717, 1.165) is 27.4 Å². The molecule has 0 aliphatic rings. The number of aryl methyl sites for hydroxylation is 1. The van der Waals surface area contributed by atoms with Gasteiger partial charge in [0.15, 0.2) is 16.9 Å². The first-order valence-corrected chi connectivity index (χ1v) is 7.14. The van der Waals surface area contributed by atoms with Crippen LogP contribution in [0.5, 0.6) is 0 Å². The molecule has 25 heavy (non-hydrogen) atoms. The number of fused-ring (bicyclic) bond motifs is 1. The first-order chi connectivity index (χ1) is 11.9. The van der Waals surface area contributed by atoms with Crippen molar-refractivity contribution in [3.8, 4) is 0 Å². The Bertz CT molecular complexity index is 881. The van der Waals surface area contributed by atoms with Crippen LogP contribution in [0.1, 0.15) is 5.69 Å². The molecule has 9 heteroatoms. The van der Waals surface area contributed by atoms with Crippen LogP contribution in [0, 0.1) is 6.92 Å². The van der Waals surface area contributed by atoms with Gasteiger partial charge in [0.1, 0.15) is 22.9 Å². The first kappa shape index (κ1) is 18.0. The van der Waals surface area contributed by atoms with Gasteiger partial charge in [-0.1, -0.05) is 10.7 Å². The van der Waals surface area contributed by atoms with Crippen molar-refractivity contribution >= 4 is 23.2 Å². The highest BCUT2D eigenvalue weighted by molar-refractivity contribution is 6.07. The molecular weight excluding hydrogens is 330 g/mol. The van der Waals surface area contributed by atoms with Gasteiger partial charge < -0.3 is 19.3 Å². The highest BCUT2D eigenvalue weighted by Gasteiger charge is 2.29. The zero-order valence-electron chi connectivity index (χ0n) is 14.2. The molecule has 0 saturated heterocycles. The Kier molecular flexibility index (Phi) is 5.38. The molecule has 132 valence electrons. The second-order valence-electron chi connectivity index (χ2n) is 4.83. The number of ether oxygens (including phenoxy) is 3. The topological polar surface area (TPSA) is 107 Å². The van der Waals surface area contributed by atoms with E-state index in [4.69, 9.17) is 4.74 Å². The van der Waals surface area contributed by atoms with Crippen LogP contribution in [0.2, 0.25) is 0 Å². The Hall–Kier alpha value is -3.36. The van der Waals surface area contributed by atoms with Crippen molar-refractivity contribution in [1.29, 1.82) is 0 Å². The monoisotopic (exact) mass is 347 g/mol. The number of hydrogen-bond acceptors (Lipinski definition) is 7. The van der Waals surface area contributed by atoms with Gasteiger partial charge in [-0.2, -0.15) is 0 Å². The lowest BCUT2D eigenvalue weighted by atomic mass is 10.1. The third-order valence-corrected chi connectivity index (χ3v) is 3.43. The molecule has 0 amide bonds. The molecule has 0 aromatic carbocycles. The van der Waals surface area contributed by atoms with Gasteiger partial charge in [-0.3, -0.25) is 0 Å². The third kappa shape index (κ3) is 3.44. The van der Waals surface area contributed by atoms with E-state index in [2.05, 4.69) is 14.7 Å². The van der Waals surface area contributed by atoms with E-state index in [1.807, 2.05) is 0 Å². The average molecular weight is 347 g/mol. The summed E-state index contributed by atoms with van der Waals surface area (Å²) in [7, 11) is 3.43. The van der Waals surface area contributed by atoms with Gasteiger partial charge in [-0.05, 0) is 19.2 Å². The molecule has 0 saturated carbocycles. The number of aromatic nitrogens is 3. The highest BCUT2D eigenvalue weighted by atomic mass is 16.6. The molecule has 9 nitrogen and oxygen atoms in total. The number of esters is 2. The third-order valence-electron chi connectivity index (χ3n) is 3.43. The molecule has 0 fully saturated rings. The zero-order valence-corrected chi connectivity index (χ0v) is 14.2. The largest absolute Gasteiger partial charge is 0.614 e. The SMILES string of the molecule is COC(=O)/C=C(C(=O)OC)/C(=C(/[O-])OC)n1n[n+]2ccccc2c1C. The molecular formula is C16H17N3O6. The quantitative estimate of drug-likeness (QED) is 0.232. The summed E-state index contributed by atoms with van der Waals surface area (Å²) in [5.41, 5.74) is 0.658. The minimum absolute atomic E-state index is 0.263. The maximum Gasteiger partial charge on any atom is 0.342 e. The summed E-state index contributed by atoms with van der Waals surface area (Å²) in [6.07, 6.45) is 2.53. The van der Waals surface area contributed by atoms with E-state index < -0.39 is 17.9 Å². The average Bonchev–Trinajstić information content (AvgIpc) is 2.96. The normalized spacial score (nSPS) is 12.6. The molecule has 0 bridgehead atoms. The van der Waals surface area contributed by atoms with Crippen LogP contribution in [0.15, 0.2) is 42.0 Å². The van der Waals surface area contributed by atoms with E-state index in [-0.39, 0.29) is 11.3 Å². The molecule has 2 heterocycles. The zero-order chi connectivity index (χ0) is 18.6. The predicted molar refractivity (Wildman–Crippen MR) is 82.5 cm³/mol. The van der Waals surface area contributed by atoms with Crippen LogP contribution in [0.25, 0.3) is 11.2 Å². The standard InChI is InChI=1S/C16H17N3O6/c1-10-12-7-5-6-8-18(12)17-19(10)14(16(22)25-4)11(15(21)24-3)9-13(20)23-2/h5-9H,1-4H3. The Balaban J connectivity index is 2.78. The van der Waals surface area contributed by atoms with Gasteiger partial charge in [0.25, 0.3) is 0 Å². The Morgan fingerprint density at radius 3 is 2.48 bits per heavy atom. The number of nitrogens with zero attached hydrogens (tertiary/aromatic N) is 3. The summed E-state index contributed by atoms with van der Waals surface area (Å²) in [5, 5.41) is 16.6. The lowest BCUT2D eigenvalue weighted by Gasteiger charge is -2.14. The summed E-state index contributed by atoms with van der Waals surface area (Å²) in [6, 6.07) is 5.35. The Labute approximate surface area is 143 Å². The molecule has 0 spiro atoms. The minimum atomic E-state index is -0.908. The number of methoxy groups -OCH3 is 3. The van der Waals surface area contributed by atoms with Crippen molar-refractivity contribution in [2.75, 3.05) is 21.3 Å². The molecule has 2 aromatic heterocycles. The summed E-state index contributed by atoms with van der Waals surface area (Å²) in [5.74, 6) is -2.60. The van der Waals surface area contributed by atoms with E-state index >= 15 is 0 Å². The first-order valence-electron chi connectivity index (χ1n) is 7.14. The fraction of sp³-hybridized carbons (Fsp3) is 0.250. The van der Waals surface area contributed by atoms with Gasteiger partial charge in [0.05, 0.1) is 14.2 Å². The van der Waals surface area contributed by atoms with Gasteiger partial charge in [-0.25, -0.2) is 9.59 Å². The maximum absolute atomic E-state index is 12.3. The summed E-state index contributed by atoms with van der Waals surface area (Å²) in [6.45, 7) is 1.71. The van der Waals surface area contributed by atoms with Crippen LogP contribution < -0.4 is 9.62 Å². The second kappa shape index (κ2) is 7.47. The second-order valence-corrected chi connectivity index (χ2v) is 4.83. The van der Waals surface area contributed by atoms with Crippen molar-refractivity contribution in [3.05, 3.63) is 47.7 Å². The van der Waals surface area contributed by atoms with Crippen LogP contribution in [-0.2, 0) is 23.8 Å². The number of rotatable bonds is 5. The molecule has 0 aliphatic heterocycles. The Morgan fingerprint density at radius 1 is 1.20 bits per heavy atom. The smallest absolute Gasteiger partial charge is 0.342 e. The van der Waals surface area contributed by atoms with Crippen molar-refractivity contribution < 1.29 is 33.4 Å². The van der Waals surface area contributed by atoms with Crippen molar-refractivity contribution in [2.24, 2.45) is 0 Å². The molecule has 0 atom stereocenters. The van der Waals surface area contributed by atoms with Crippen molar-refractivity contribution in [1.82, 2.24) is 9.90 Å². The lowest BCUT2D eigenvalue weighted by Crippen LogP contribution is -2.26. The number of carbonyl (C=O) groups is 2. The fourth-order valence-corrected chi connectivity index (χ4v) is 2.20. The Morgan fingerprint density at radius 2 is 1.92 bits per heavy atom. The maximum atomic E-state index is 12.3. The van der Waals surface area contributed by atoms with Crippen LogP contribution in [0.3, 0.4) is 0 Å². The number of hydrogen-bond donors (Lipinski definition) is 0. The van der Waals surface area contributed by atoms with E-state index in [0.29, 0.717) is 11.2 Å². The summed E-state index contributed by atoms with van der Waals surface area (Å²) >= 11 is 0. The van der Waals surface area contributed by atoms with Crippen LogP contribution in [-0.4, -0.2) is 43.2 Å². The van der Waals surface area contributed by atoms with Gasteiger partial charge in [0.2, 0.25) is 0 Å². The van der Waals surface area contributed by atoms with Gasteiger partial charge >= 0.3 is 11.9 Å². The summed E-state index contributed by atoms with van der Waals surface area (Å²) < 4.78 is 16.7. The molecule has 0 N–H and O–H groups in total. The molecule has 2 rings (SSSR count). The number of carbonyl (C=O) groups excluding carboxylic acids is 2. The molecule has 0 unspecified atom stereocenters. The van der Waals surface area contributed by atoms with Gasteiger partial charge in [0, 0.05) is 13.0 Å². The lowest BCUT2D eigenvalue weighted by molar-refractivity contribution is -0.583. The highest BCUT2D eigenvalue weighted by Crippen LogP contribution is 2.22. The van der Waals surface area contributed by atoms with Crippen LogP contribution in [0.4, 0.5) is 0 Å². The minimum Gasteiger partial charge on any atom is -0.614 e. The predicted octanol–water partition coefficient (Wildman–Crippen LogP) is -0.665. The van der Waals surface area contributed by atoms with Crippen molar-refractivity contribution in [2.45, 2.75) is 6.92 Å². The van der Waals surface area contributed by atoms with E-state index in [9.17, 15) is 14.7 Å². The van der Waals surface area contributed by atoms with Crippen molar-refractivity contribution in [3.63, 3.8) is 0 Å². The number of pyridine rings is 1. The van der Waals surface area contributed by atoms with E-state index in [1.165, 1.54) is 9.20 Å². The molecule has 0 aliphatic carbocycles. The molecule has 2 aromatic rings. The fourth-order valence-electron chi connectivity index (χ4n) is 2.20. The molecule has 0 radical (unpaired) electrons. The summed E-state index contributed by atoms with van der Waals surface area (Å²) in [4.78, 5) is 23.8. The van der Waals surface area contributed by atoms with Gasteiger partial charge in [-0.15, -0.1) is 4.52 Å². The van der Waals surface area contributed by atoms with E-state index in [1.54, 1.807) is 31.3 Å². The van der Waals surface area contributed by atoms with Crippen LogP contribution >= 0.6 is 0 Å².